The number of nitrogens with zero attached hydrogens (tertiary/aromatic N) is 1. The Labute approximate surface area is 69.3 Å². The zero-order valence-electron chi connectivity index (χ0n) is 8.13. The zero-order valence-corrected chi connectivity index (χ0v) is 8.13. The quantitative estimate of drug-likeness (QED) is 0.610. The highest BCUT2D eigenvalue weighted by Gasteiger charge is 2.09. The van der Waals surface area contributed by atoms with Gasteiger partial charge in [-0.3, -0.25) is 4.99 Å². The molecule has 0 bridgehead atoms. The predicted molar refractivity (Wildman–Crippen MR) is 49.1 cm³/mol. The number of hydrogen-bond acceptors (Lipinski definition) is 2. The van der Waals surface area contributed by atoms with Crippen molar-refractivity contribution in [1.82, 2.24) is 0 Å². The minimum atomic E-state index is -0.305. The molecule has 0 radical (unpaired) electrons. The molecule has 66 valence electrons. The van der Waals surface area contributed by atoms with Crippen LogP contribution >= 0.6 is 0 Å². The lowest BCUT2D eigenvalue weighted by atomic mass is 10.1. The molecular weight excluding hydrogens is 138 g/mol. The van der Waals surface area contributed by atoms with Gasteiger partial charge >= 0.3 is 0 Å². The van der Waals surface area contributed by atoms with Gasteiger partial charge in [0.1, 0.15) is 0 Å². The normalized spacial score (nSPS) is 18.7. The highest BCUT2D eigenvalue weighted by molar-refractivity contribution is 5.61. The monoisotopic (exact) mass is 157 g/mol. The number of hydrogen-bond donors (Lipinski definition) is 1. The lowest BCUT2D eigenvalue weighted by Gasteiger charge is -2.14. The Morgan fingerprint density at radius 2 is 1.73 bits per heavy atom. The minimum absolute atomic E-state index is 0.0247. The second-order valence-electron chi connectivity index (χ2n) is 4.05. The summed E-state index contributed by atoms with van der Waals surface area (Å²) in [6.45, 7) is 9.86. The molecule has 1 N–H and O–H groups in total. The van der Waals surface area contributed by atoms with Gasteiger partial charge in [0.05, 0.1) is 11.6 Å². The van der Waals surface area contributed by atoms with Gasteiger partial charge in [0.15, 0.2) is 0 Å². The largest absolute Gasteiger partial charge is 0.393 e. The first-order valence-electron chi connectivity index (χ1n) is 4.06. The Morgan fingerprint density at radius 1 is 1.27 bits per heavy atom. The van der Waals surface area contributed by atoms with Gasteiger partial charge in [-0.05, 0) is 27.7 Å². The van der Waals surface area contributed by atoms with Crippen LogP contribution in [-0.4, -0.2) is 23.0 Å². The summed E-state index contributed by atoms with van der Waals surface area (Å²) in [7, 11) is 0. The molecule has 0 saturated carbocycles. The molecule has 11 heavy (non-hydrogen) atoms. The second-order valence-corrected chi connectivity index (χ2v) is 4.05. The smallest absolute Gasteiger partial charge is 0.0586 e. The number of aliphatic imine (C=N–C) groups is 1. The molecule has 0 aromatic carbocycles. The third-order valence-electron chi connectivity index (χ3n) is 1.46. The molecule has 0 aliphatic carbocycles. The molecular formula is C9H19NO. The van der Waals surface area contributed by atoms with Gasteiger partial charge in [0, 0.05) is 12.1 Å². The Kier molecular flexibility index (Phi) is 3.73. The maximum absolute atomic E-state index is 9.13. The third-order valence-corrected chi connectivity index (χ3v) is 1.46. The van der Waals surface area contributed by atoms with Crippen molar-refractivity contribution in [3.8, 4) is 0 Å². The summed E-state index contributed by atoms with van der Waals surface area (Å²) in [6, 6.07) is 0. The van der Waals surface area contributed by atoms with Gasteiger partial charge in [-0.1, -0.05) is 6.92 Å². The van der Waals surface area contributed by atoms with E-state index in [9.17, 15) is 0 Å². The van der Waals surface area contributed by atoms with Crippen molar-refractivity contribution in [3.05, 3.63) is 0 Å². The Hall–Kier alpha value is -0.370. The summed E-state index contributed by atoms with van der Waals surface area (Å²) in [4.78, 5) is 4.29. The van der Waals surface area contributed by atoms with E-state index in [1.54, 1.807) is 6.92 Å². The van der Waals surface area contributed by atoms with Gasteiger partial charge in [0.2, 0.25) is 0 Å². The van der Waals surface area contributed by atoms with E-state index in [0.717, 1.165) is 0 Å². The Morgan fingerprint density at radius 3 is 2.00 bits per heavy atom. The van der Waals surface area contributed by atoms with Crippen LogP contribution in [0.5, 0.6) is 0 Å². The average Bonchev–Trinajstić information content (AvgIpc) is 1.80. The highest BCUT2D eigenvalue weighted by atomic mass is 16.3. The van der Waals surface area contributed by atoms with Crippen molar-refractivity contribution in [1.29, 1.82) is 0 Å². The Bertz CT molecular complexity index is 133. The first kappa shape index (κ1) is 10.6. The number of aliphatic hydroxyl groups excluding tert-OH is 1. The number of rotatable bonds is 2. The molecule has 2 heteroatoms. The Balaban J connectivity index is 3.93. The van der Waals surface area contributed by atoms with Gasteiger partial charge in [-0.2, -0.15) is 0 Å². The van der Waals surface area contributed by atoms with Crippen LogP contribution in [0.1, 0.15) is 34.6 Å². The molecule has 0 spiro atoms. The SMILES string of the molecule is CC(O)C(C)C=NC(C)(C)C. The fraction of sp³-hybridized carbons (Fsp3) is 0.889. The summed E-state index contributed by atoms with van der Waals surface area (Å²) in [5, 5.41) is 9.13. The highest BCUT2D eigenvalue weighted by Crippen LogP contribution is 2.07. The molecule has 0 saturated heterocycles. The van der Waals surface area contributed by atoms with Crippen molar-refractivity contribution in [2.75, 3.05) is 0 Å². The lowest BCUT2D eigenvalue weighted by Crippen LogP contribution is -2.17. The summed E-state index contributed by atoms with van der Waals surface area (Å²) < 4.78 is 0. The molecule has 0 aromatic heterocycles. The van der Waals surface area contributed by atoms with Crippen molar-refractivity contribution in [2.24, 2.45) is 10.9 Å². The first-order valence-corrected chi connectivity index (χ1v) is 4.06. The summed E-state index contributed by atoms with van der Waals surface area (Å²) in [6.07, 6.45) is 1.52. The molecule has 0 aliphatic rings. The third kappa shape index (κ3) is 6.05. The topological polar surface area (TPSA) is 32.6 Å². The van der Waals surface area contributed by atoms with Crippen molar-refractivity contribution in [2.45, 2.75) is 46.3 Å². The van der Waals surface area contributed by atoms with Crippen molar-refractivity contribution < 1.29 is 5.11 Å². The molecule has 0 amide bonds. The van der Waals surface area contributed by atoms with Crippen LogP contribution < -0.4 is 0 Å². The van der Waals surface area contributed by atoms with Gasteiger partial charge in [-0.15, -0.1) is 0 Å². The van der Waals surface area contributed by atoms with Crippen LogP contribution in [0.3, 0.4) is 0 Å². The maximum Gasteiger partial charge on any atom is 0.0586 e. The molecule has 2 nitrogen and oxygen atoms in total. The van der Waals surface area contributed by atoms with Gasteiger partial charge in [-0.25, -0.2) is 0 Å². The summed E-state index contributed by atoms with van der Waals surface area (Å²) in [5.41, 5.74) is -0.0247. The number of aliphatic hydroxyl groups is 1. The molecule has 2 atom stereocenters. The van der Waals surface area contributed by atoms with E-state index < -0.39 is 0 Å². The molecule has 0 rings (SSSR count). The van der Waals surface area contributed by atoms with E-state index in [1.165, 1.54) is 0 Å². The predicted octanol–water partition coefficient (Wildman–Crippen LogP) is 1.87. The van der Waals surface area contributed by atoms with Crippen LogP contribution in [0, 0.1) is 5.92 Å². The van der Waals surface area contributed by atoms with Gasteiger partial charge in [0.25, 0.3) is 0 Å². The first-order chi connectivity index (χ1) is 4.83. The standard InChI is InChI=1S/C9H19NO/c1-7(8(2)11)6-10-9(3,4)5/h6-8,11H,1-5H3. The second kappa shape index (κ2) is 3.86. The molecule has 0 aliphatic heterocycles. The van der Waals surface area contributed by atoms with E-state index >= 15 is 0 Å². The summed E-state index contributed by atoms with van der Waals surface area (Å²) >= 11 is 0. The van der Waals surface area contributed by atoms with E-state index in [4.69, 9.17) is 5.11 Å². The zero-order chi connectivity index (χ0) is 9.07. The van der Waals surface area contributed by atoms with Crippen LogP contribution in [0.25, 0.3) is 0 Å². The van der Waals surface area contributed by atoms with E-state index in [1.807, 2.05) is 33.9 Å². The van der Waals surface area contributed by atoms with Crippen LogP contribution in [0.2, 0.25) is 0 Å². The molecule has 2 unspecified atom stereocenters. The van der Waals surface area contributed by atoms with E-state index in [0.29, 0.717) is 0 Å². The lowest BCUT2D eigenvalue weighted by molar-refractivity contribution is 0.166. The van der Waals surface area contributed by atoms with Crippen LogP contribution in [-0.2, 0) is 0 Å². The maximum atomic E-state index is 9.13. The molecule has 0 fully saturated rings. The van der Waals surface area contributed by atoms with Crippen LogP contribution in [0.15, 0.2) is 4.99 Å². The average molecular weight is 157 g/mol. The fourth-order valence-electron chi connectivity index (χ4n) is 0.466. The van der Waals surface area contributed by atoms with Crippen molar-refractivity contribution >= 4 is 6.21 Å². The molecule has 0 heterocycles. The minimum Gasteiger partial charge on any atom is -0.393 e. The van der Waals surface area contributed by atoms with Crippen molar-refractivity contribution in [3.63, 3.8) is 0 Å². The van der Waals surface area contributed by atoms with E-state index in [-0.39, 0.29) is 17.6 Å². The fourth-order valence-corrected chi connectivity index (χ4v) is 0.466. The molecule has 0 aromatic rings. The van der Waals surface area contributed by atoms with Crippen LogP contribution in [0.4, 0.5) is 0 Å². The summed E-state index contributed by atoms with van der Waals surface area (Å²) in [5.74, 6) is 0.147. The van der Waals surface area contributed by atoms with Gasteiger partial charge < -0.3 is 5.11 Å². The van der Waals surface area contributed by atoms with E-state index in [2.05, 4.69) is 4.99 Å².